The van der Waals surface area contributed by atoms with E-state index >= 15 is 0 Å². The van der Waals surface area contributed by atoms with Crippen molar-refractivity contribution in [3.63, 3.8) is 0 Å². The standard InChI is InChI=1S/C15H16ClN5OS/c16-10-1-2-12-11(9-10)13-14(17-12)18-15(20-19-13)23-8-5-21-3-6-22-7-4-21/h1-2,9H,3-8H2,(H,17,18,20). The highest BCUT2D eigenvalue weighted by Gasteiger charge is 2.12. The number of aromatic nitrogens is 4. The second-order valence-corrected chi connectivity index (χ2v) is 6.91. The molecular formula is C15H16ClN5OS. The highest BCUT2D eigenvalue weighted by atomic mass is 35.5. The number of rotatable bonds is 4. The van der Waals surface area contributed by atoms with E-state index in [2.05, 4.69) is 25.1 Å². The van der Waals surface area contributed by atoms with Crippen molar-refractivity contribution in [1.82, 2.24) is 25.1 Å². The predicted molar refractivity (Wildman–Crippen MR) is 92.2 cm³/mol. The third-order valence-corrected chi connectivity index (χ3v) is 4.95. The average molecular weight is 350 g/mol. The SMILES string of the molecule is Clc1ccc2[nH]c3nc(SCCN4CCOCC4)nnc3c2c1. The van der Waals surface area contributed by atoms with Crippen molar-refractivity contribution >= 4 is 45.4 Å². The summed E-state index contributed by atoms with van der Waals surface area (Å²) >= 11 is 7.68. The van der Waals surface area contributed by atoms with Gasteiger partial charge in [0.05, 0.1) is 13.2 Å². The van der Waals surface area contributed by atoms with Crippen molar-refractivity contribution in [3.8, 4) is 0 Å². The summed E-state index contributed by atoms with van der Waals surface area (Å²) in [6.07, 6.45) is 0. The summed E-state index contributed by atoms with van der Waals surface area (Å²) in [6.45, 7) is 4.67. The lowest BCUT2D eigenvalue weighted by molar-refractivity contribution is 0.0410. The molecular weight excluding hydrogens is 334 g/mol. The molecule has 1 aliphatic rings. The average Bonchev–Trinajstić information content (AvgIpc) is 2.93. The number of thioether (sulfide) groups is 1. The van der Waals surface area contributed by atoms with Gasteiger partial charge in [0.25, 0.3) is 0 Å². The van der Waals surface area contributed by atoms with Crippen LogP contribution in [-0.2, 0) is 4.74 Å². The lowest BCUT2D eigenvalue weighted by Gasteiger charge is -2.26. The Hall–Kier alpha value is -1.41. The maximum Gasteiger partial charge on any atom is 0.211 e. The van der Waals surface area contributed by atoms with Gasteiger partial charge in [-0.3, -0.25) is 4.90 Å². The molecule has 0 bridgehead atoms. The van der Waals surface area contributed by atoms with Gasteiger partial charge in [0.15, 0.2) is 5.65 Å². The molecule has 0 saturated carbocycles. The molecule has 3 aromatic rings. The second-order valence-electron chi connectivity index (χ2n) is 5.41. The first-order chi connectivity index (χ1) is 11.3. The second kappa shape index (κ2) is 6.60. The van der Waals surface area contributed by atoms with Crippen molar-refractivity contribution in [2.24, 2.45) is 0 Å². The summed E-state index contributed by atoms with van der Waals surface area (Å²) in [5.41, 5.74) is 2.49. The molecule has 0 spiro atoms. The number of benzene rings is 1. The van der Waals surface area contributed by atoms with E-state index in [1.54, 1.807) is 11.8 Å². The third kappa shape index (κ3) is 3.28. The fourth-order valence-corrected chi connectivity index (χ4v) is 3.64. The summed E-state index contributed by atoms with van der Waals surface area (Å²) in [6, 6.07) is 5.67. The van der Waals surface area contributed by atoms with E-state index < -0.39 is 0 Å². The van der Waals surface area contributed by atoms with E-state index in [0.717, 1.165) is 60.7 Å². The minimum atomic E-state index is 0.684. The Bertz CT molecular complexity index is 833. The van der Waals surface area contributed by atoms with Gasteiger partial charge >= 0.3 is 0 Å². The number of nitrogens with zero attached hydrogens (tertiary/aromatic N) is 4. The molecule has 8 heteroatoms. The van der Waals surface area contributed by atoms with Crippen LogP contribution in [0, 0.1) is 0 Å². The molecule has 1 N–H and O–H groups in total. The van der Waals surface area contributed by atoms with Gasteiger partial charge in [-0.25, -0.2) is 4.98 Å². The number of morpholine rings is 1. The van der Waals surface area contributed by atoms with Crippen molar-refractivity contribution in [1.29, 1.82) is 0 Å². The van der Waals surface area contributed by atoms with Crippen LogP contribution in [0.15, 0.2) is 23.4 Å². The highest BCUT2D eigenvalue weighted by Crippen LogP contribution is 2.26. The fraction of sp³-hybridized carbons (Fsp3) is 0.400. The zero-order chi connectivity index (χ0) is 15.6. The molecule has 0 amide bonds. The van der Waals surface area contributed by atoms with Gasteiger partial charge in [0, 0.05) is 41.3 Å². The smallest absolute Gasteiger partial charge is 0.211 e. The van der Waals surface area contributed by atoms with Crippen LogP contribution in [0.2, 0.25) is 5.02 Å². The van der Waals surface area contributed by atoms with E-state index in [1.165, 1.54) is 0 Å². The molecule has 0 unspecified atom stereocenters. The van der Waals surface area contributed by atoms with Crippen molar-refractivity contribution in [2.45, 2.75) is 5.16 Å². The lowest BCUT2D eigenvalue weighted by atomic mass is 10.2. The zero-order valence-corrected chi connectivity index (χ0v) is 14.0. The van der Waals surface area contributed by atoms with Gasteiger partial charge in [-0.15, -0.1) is 10.2 Å². The summed E-state index contributed by atoms with van der Waals surface area (Å²) < 4.78 is 5.35. The van der Waals surface area contributed by atoms with Crippen LogP contribution in [0.5, 0.6) is 0 Å². The van der Waals surface area contributed by atoms with Crippen LogP contribution >= 0.6 is 23.4 Å². The number of ether oxygens (including phenoxy) is 1. The molecule has 1 fully saturated rings. The van der Waals surface area contributed by atoms with E-state index in [0.29, 0.717) is 10.2 Å². The molecule has 23 heavy (non-hydrogen) atoms. The van der Waals surface area contributed by atoms with Gasteiger partial charge in [0.1, 0.15) is 5.52 Å². The predicted octanol–water partition coefficient (Wildman–Crippen LogP) is 2.58. The third-order valence-electron chi connectivity index (χ3n) is 3.90. The van der Waals surface area contributed by atoms with Gasteiger partial charge in [-0.05, 0) is 18.2 Å². The van der Waals surface area contributed by atoms with Crippen LogP contribution in [0.25, 0.3) is 22.1 Å². The molecule has 4 rings (SSSR count). The minimum absolute atomic E-state index is 0.684. The van der Waals surface area contributed by atoms with Crippen molar-refractivity contribution in [2.75, 3.05) is 38.6 Å². The summed E-state index contributed by atoms with van der Waals surface area (Å²) in [5.74, 6) is 0.944. The summed E-state index contributed by atoms with van der Waals surface area (Å²) in [5, 5.41) is 10.9. The molecule has 0 atom stereocenters. The fourth-order valence-electron chi connectivity index (χ4n) is 2.68. The largest absolute Gasteiger partial charge is 0.379 e. The first-order valence-electron chi connectivity index (χ1n) is 7.54. The Labute approximate surface area is 142 Å². The Morgan fingerprint density at radius 2 is 2.13 bits per heavy atom. The normalized spacial score (nSPS) is 16.4. The number of hydrogen-bond donors (Lipinski definition) is 1. The quantitative estimate of drug-likeness (QED) is 0.730. The molecule has 1 saturated heterocycles. The molecule has 0 radical (unpaired) electrons. The van der Waals surface area contributed by atoms with E-state index in [4.69, 9.17) is 16.3 Å². The van der Waals surface area contributed by atoms with Gasteiger partial charge in [-0.2, -0.15) is 0 Å². The van der Waals surface area contributed by atoms with Gasteiger partial charge in [-0.1, -0.05) is 23.4 Å². The van der Waals surface area contributed by atoms with Crippen LogP contribution in [0.3, 0.4) is 0 Å². The van der Waals surface area contributed by atoms with E-state index in [1.807, 2.05) is 18.2 Å². The molecule has 0 aliphatic carbocycles. The number of aromatic amines is 1. The molecule has 6 nitrogen and oxygen atoms in total. The van der Waals surface area contributed by atoms with E-state index in [9.17, 15) is 0 Å². The monoisotopic (exact) mass is 349 g/mol. The van der Waals surface area contributed by atoms with Crippen LogP contribution < -0.4 is 0 Å². The number of nitrogens with one attached hydrogen (secondary N) is 1. The lowest BCUT2D eigenvalue weighted by Crippen LogP contribution is -2.37. The van der Waals surface area contributed by atoms with Gasteiger partial charge in [0.2, 0.25) is 5.16 Å². The maximum absolute atomic E-state index is 6.05. The Balaban J connectivity index is 1.49. The van der Waals surface area contributed by atoms with Gasteiger partial charge < -0.3 is 9.72 Å². The van der Waals surface area contributed by atoms with E-state index in [-0.39, 0.29) is 0 Å². The molecule has 120 valence electrons. The Kier molecular flexibility index (Phi) is 4.35. The molecule has 1 aromatic carbocycles. The number of fused-ring (bicyclic) bond motifs is 3. The molecule has 2 aromatic heterocycles. The van der Waals surface area contributed by atoms with Crippen molar-refractivity contribution < 1.29 is 4.74 Å². The van der Waals surface area contributed by atoms with Crippen molar-refractivity contribution in [3.05, 3.63) is 23.2 Å². The summed E-state index contributed by atoms with van der Waals surface area (Å²) in [4.78, 5) is 10.2. The number of hydrogen-bond acceptors (Lipinski definition) is 6. The van der Waals surface area contributed by atoms with Crippen LogP contribution in [0.1, 0.15) is 0 Å². The summed E-state index contributed by atoms with van der Waals surface area (Å²) in [7, 11) is 0. The topological polar surface area (TPSA) is 66.9 Å². The van der Waals surface area contributed by atoms with Crippen LogP contribution in [0.4, 0.5) is 0 Å². The zero-order valence-electron chi connectivity index (χ0n) is 12.5. The Morgan fingerprint density at radius 3 is 3.00 bits per heavy atom. The molecule has 3 heterocycles. The first-order valence-corrected chi connectivity index (χ1v) is 8.90. The minimum Gasteiger partial charge on any atom is -0.379 e. The number of H-pyrrole nitrogens is 1. The maximum atomic E-state index is 6.05. The number of halogens is 1. The highest BCUT2D eigenvalue weighted by molar-refractivity contribution is 7.99. The Morgan fingerprint density at radius 1 is 1.26 bits per heavy atom. The first kappa shape index (κ1) is 15.1. The molecule has 1 aliphatic heterocycles. The van der Waals surface area contributed by atoms with Crippen LogP contribution in [-0.4, -0.2) is 63.7 Å².